The van der Waals surface area contributed by atoms with E-state index in [1.807, 2.05) is 29.7 Å². The maximum atomic E-state index is 11.4. The van der Waals surface area contributed by atoms with Gasteiger partial charge in [-0.2, -0.15) is 0 Å². The maximum absolute atomic E-state index is 11.4. The molecule has 0 atom stereocenters. The summed E-state index contributed by atoms with van der Waals surface area (Å²) in [6, 6.07) is 12.3. The fourth-order valence-corrected chi connectivity index (χ4v) is 3.84. The summed E-state index contributed by atoms with van der Waals surface area (Å²) in [7, 11) is -2.07. The lowest BCUT2D eigenvalue weighted by Gasteiger charge is -2.12. The minimum atomic E-state index is -3.71. The Balaban J connectivity index is 2.10. The minimum Gasteiger partial charge on any atom is -0.496 e. The fraction of sp³-hybridized carbons (Fsp3) is 0.118. The third-order valence-corrected chi connectivity index (χ3v) is 5.59. The summed E-state index contributed by atoms with van der Waals surface area (Å²) in [4.78, 5) is 4.48. The van der Waals surface area contributed by atoms with Crippen LogP contribution < -0.4 is 9.88 Å². The predicted molar refractivity (Wildman–Crippen MR) is 104 cm³/mol. The van der Waals surface area contributed by atoms with Gasteiger partial charge in [0.05, 0.1) is 33.3 Å². The molecule has 0 aliphatic rings. The molecular weight excluding hydrogens is 453 g/mol. The number of rotatable bonds is 4. The van der Waals surface area contributed by atoms with E-state index < -0.39 is 10.0 Å². The normalized spacial score (nSPS) is 11.5. The summed E-state index contributed by atoms with van der Waals surface area (Å²) in [5, 5.41) is 5.15. The molecular formula is C17H16IN3O3S. The van der Waals surface area contributed by atoms with Gasteiger partial charge in [-0.05, 0) is 72.0 Å². The average molecular weight is 469 g/mol. The van der Waals surface area contributed by atoms with Crippen molar-refractivity contribution in [3.05, 3.63) is 58.1 Å². The zero-order valence-electron chi connectivity index (χ0n) is 13.6. The van der Waals surface area contributed by atoms with E-state index in [9.17, 15) is 8.42 Å². The second-order valence-corrected chi connectivity index (χ2v) is 8.16. The summed E-state index contributed by atoms with van der Waals surface area (Å²) in [5.74, 6) is 0.811. The third kappa shape index (κ3) is 3.55. The first-order chi connectivity index (χ1) is 11.8. The Morgan fingerprint density at radius 2 is 1.84 bits per heavy atom. The molecule has 0 spiro atoms. The van der Waals surface area contributed by atoms with Crippen molar-refractivity contribution in [1.82, 2.24) is 9.55 Å². The van der Waals surface area contributed by atoms with Gasteiger partial charge in [0.1, 0.15) is 5.75 Å². The van der Waals surface area contributed by atoms with Gasteiger partial charge in [0, 0.05) is 11.3 Å². The number of hydrogen-bond donors (Lipinski definition) is 1. The number of aromatic nitrogens is 2. The first kappa shape index (κ1) is 17.9. The second kappa shape index (κ2) is 6.77. The number of hydrogen-bond acceptors (Lipinski definition) is 4. The van der Waals surface area contributed by atoms with Gasteiger partial charge in [0.15, 0.2) is 0 Å². The molecule has 25 heavy (non-hydrogen) atoms. The maximum Gasteiger partial charge on any atom is 0.238 e. The van der Waals surface area contributed by atoms with E-state index in [1.54, 1.807) is 25.6 Å². The van der Waals surface area contributed by atoms with E-state index in [1.165, 1.54) is 12.1 Å². The molecule has 0 bridgehead atoms. The smallest absolute Gasteiger partial charge is 0.238 e. The highest BCUT2D eigenvalue weighted by Gasteiger charge is 2.14. The Morgan fingerprint density at radius 3 is 2.40 bits per heavy atom. The highest BCUT2D eigenvalue weighted by Crippen LogP contribution is 2.31. The molecule has 8 heteroatoms. The molecule has 3 rings (SSSR count). The average Bonchev–Trinajstić information content (AvgIpc) is 2.95. The molecule has 0 aliphatic heterocycles. The second-order valence-electron chi connectivity index (χ2n) is 5.44. The largest absolute Gasteiger partial charge is 0.496 e. The van der Waals surface area contributed by atoms with Crippen LogP contribution in [0.1, 0.15) is 5.69 Å². The number of imidazole rings is 1. The van der Waals surface area contributed by atoms with Crippen LogP contribution in [-0.4, -0.2) is 25.1 Å². The summed E-state index contributed by atoms with van der Waals surface area (Å²) >= 11 is 2.23. The standard InChI is InChI=1S/C17H16IN3O3S/c1-11-17(12-3-8-16(24-2)15(18)9-12)21(10-20-11)13-4-6-14(7-5-13)25(19,22)23/h3-10H,1-2H3,(H2,19,22,23). The predicted octanol–water partition coefficient (Wildman–Crippen LogP) is 3.11. The first-order valence-electron chi connectivity index (χ1n) is 7.32. The van der Waals surface area contributed by atoms with Crippen molar-refractivity contribution in [3.8, 4) is 22.7 Å². The van der Waals surface area contributed by atoms with Crippen LogP contribution in [0.4, 0.5) is 0 Å². The Bertz CT molecular complexity index is 1030. The van der Waals surface area contributed by atoms with E-state index in [0.717, 1.165) is 32.0 Å². The van der Waals surface area contributed by atoms with Crippen molar-refractivity contribution in [3.63, 3.8) is 0 Å². The molecule has 3 aromatic rings. The van der Waals surface area contributed by atoms with Gasteiger partial charge in [-0.15, -0.1) is 0 Å². The van der Waals surface area contributed by atoms with Gasteiger partial charge in [0.25, 0.3) is 0 Å². The number of primary sulfonamides is 1. The van der Waals surface area contributed by atoms with Crippen LogP contribution in [0, 0.1) is 10.5 Å². The zero-order chi connectivity index (χ0) is 18.2. The van der Waals surface area contributed by atoms with Crippen molar-refractivity contribution in [2.75, 3.05) is 7.11 Å². The van der Waals surface area contributed by atoms with Crippen LogP contribution >= 0.6 is 22.6 Å². The van der Waals surface area contributed by atoms with Crippen LogP contribution in [0.3, 0.4) is 0 Å². The van der Waals surface area contributed by atoms with Crippen LogP contribution in [0.25, 0.3) is 16.9 Å². The number of nitrogens with two attached hydrogens (primary N) is 1. The van der Waals surface area contributed by atoms with Gasteiger partial charge >= 0.3 is 0 Å². The van der Waals surface area contributed by atoms with Gasteiger partial charge in [-0.25, -0.2) is 18.5 Å². The number of methoxy groups -OCH3 is 1. The monoisotopic (exact) mass is 469 g/mol. The number of ether oxygens (including phenoxy) is 1. The SMILES string of the molecule is COc1ccc(-c2c(C)ncn2-c2ccc(S(N)(=O)=O)cc2)cc1I. The molecule has 0 saturated carbocycles. The lowest BCUT2D eigenvalue weighted by Crippen LogP contribution is -2.12. The fourth-order valence-electron chi connectivity index (χ4n) is 2.59. The quantitative estimate of drug-likeness (QED) is 0.595. The van der Waals surface area contributed by atoms with E-state index in [4.69, 9.17) is 9.88 Å². The molecule has 6 nitrogen and oxygen atoms in total. The zero-order valence-corrected chi connectivity index (χ0v) is 16.6. The molecule has 0 radical (unpaired) electrons. The molecule has 0 fully saturated rings. The van der Waals surface area contributed by atoms with Crippen LogP contribution in [-0.2, 0) is 10.0 Å². The molecule has 130 valence electrons. The molecule has 0 aliphatic carbocycles. The van der Waals surface area contributed by atoms with Crippen molar-refractivity contribution in [2.24, 2.45) is 5.14 Å². The third-order valence-electron chi connectivity index (χ3n) is 3.82. The van der Waals surface area contributed by atoms with Gasteiger partial charge < -0.3 is 4.74 Å². The number of aryl methyl sites for hydroxylation is 1. The number of benzene rings is 2. The Morgan fingerprint density at radius 1 is 1.16 bits per heavy atom. The molecule has 2 aromatic carbocycles. The Hall–Kier alpha value is -1.91. The van der Waals surface area contributed by atoms with E-state index >= 15 is 0 Å². The lowest BCUT2D eigenvalue weighted by molar-refractivity contribution is 0.412. The number of halogens is 1. The molecule has 2 N–H and O–H groups in total. The van der Waals surface area contributed by atoms with E-state index in [-0.39, 0.29) is 4.90 Å². The molecule has 0 amide bonds. The molecule has 0 saturated heterocycles. The Labute approximate surface area is 159 Å². The molecule has 0 unspecified atom stereocenters. The topological polar surface area (TPSA) is 87.2 Å². The van der Waals surface area contributed by atoms with Gasteiger partial charge in [-0.1, -0.05) is 0 Å². The summed E-state index contributed by atoms with van der Waals surface area (Å²) < 4.78 is 31.1. The highest BCUT2D eigenvalue weighted by atomic mass is 127. The van der Waals surface area contributed by atoms with Gasteiger partial charge in [-0.3, -0.25) is 4.57 Å². The van der Waals surface area contributed by atoms with Crippen molar-refractivity contribution in [2.45, 2.75) is 11.8 Å². The van der Waals surface area contributed by atoms with E-state index in [0.29, 0.717) is 0 Å². The van der Waals surface area contributed by atoms with Crippen LogP contribution in [0.2, 0.25) is 0 Å². The van der Waals surface area contributed by atoms with Crippen LogP contribution in [0.5, 0.6) is 5.75 Å². The van der Waals surface area contributed by atoms with Gasteiger partial charge in [0.2, 0.25) is 10.0 Å². The van der Waals surface area contributed by atoms with Crippen LogP contribution in [0.15, 0.2) is 53.7 Å². The van der Waals surface area contributed by atoms with Crippen molar-refractivity contribution >= 4 is 32.6 Å². The summed E-state index contributed by atoms with van der Waals surface area (Å²) in [6.07, 6.45) is 1.72. The molecule has 1 heterocycles. The van der Waals surface area contributed by atoms with Crippen molar-refractivity contribution in [1.29, 1.82) is 0 Å². The minimum absolute atomic E-state index is 0.0774. The summed E-state index contributed by atoms with van der Waals surface area (Å²) in [5.41, 5.74) is 3.60. The lowest BCUT2D eigenvalue weighted by atomic mass is 10.1. The number of nitrogens with zero attached hydrogens (tertiary/aromatic N) is 2. The molecule has 1 aromatic heterocycles. The van der Waals surface area contributed by atoms with E-state index in [2.05, 4.69) is 27.6 Å². The highest BCUT2D eigenvalue weighted by molar-refractivity contribution is 14.1. The summed E-state index contributed by atoms with van der Waals surface area (Å²) in [6.45, 7) is 1.93. The number of sulfonamides is 1. The first-order valence-corrected chi connectivity index (χ1v) is 9.95. The van der Waals surface area contributed by atoms with Crippen molar-refractivity contribution < 1.29 is 13.2 Å². The Kier molecular flexibility index (Phi) is 4.85.